The summed E-state index contributed by atoms with van der Waals surface area (Å²) in [6, 6.07) is 13.5. The SMILES string of the molecule is Cc1c(NC(=O)c2sc3ccccc3c2C)cccc1C(=O)N1CCOCC1. The van der Waals surface area contributed by atoms with Crippen molar-refractivity contribution in [1.29, 1.82) is 0 Å². The number of benzene rings is 2. The second-order valence-electron chi connectivity index (χ2n) is 6.89. The van der Waals surface area contributed by atoms with Crippen molar-refractivity contribution < 1.29 is 14.3 Å². The fraction of sp³-hybridized carbons (Fsp3) is 0.273. The van der Waals surface area contributed by atoms with Crippen molar-refractivity contribution in [1.82, 2.24) is 4.90 Å². The minimum atomic E-state index is -0.141. The van der Waals surface area contributed by atoms with Crippen LogP contribution in [0.4, 0.5) is 5.69 Å². The molecule has 2 aromatic carbocycles. The van der Waals surface area contributed by atoms with E-state index in [2.05, 4.69) is 5.32 Å². The first-order valence-corrected chi connectivity index (χ1v) is 10.1. The van der Waals surface area contributed by atoms with Gasteiger partial charge in [-0.15, -0.1) is 11.3 Å². The summed E-state index contributed by atoms with van der Waals surface area (Å²) in [6.45, 7) is 6.16. The number of thiophene rings is 1. The molecule has 0 atom stereocenters. The topological polar surface area (TPSA) is 58.6 Å². The third kappa shape index (κ3) is 3.41. The third-order valence-electron chi connectivity index (χ3n) is 5.16. The van der Waals surface area contributed by atoms with E-state index in [0.717, 1.165) is 21.2 Å². The minimum absolute atomic E-state index is 0.0186. The van der Waals surface area contributed by atoms with Gasteiger partial charge in [-0.25, -0.2) is 0 Å². The van der Waals surface area contributed by atoms with Gasteiger partial charge in [-0.05, 0) is 48.6 Å². The average molecular weight is 394 g/mol. The van der Waals surface area contributed by atoms with Crippen LogP contribution in [-0.2, 0) is 4.74 Å². The summed E-state index contributed by atoms with van der Waals surface area (Å²) in [7, 11) is 0. The lowest BCUT2D eigenvalue weighted by Crippen LogP contribution is -2.41. The lowest BCUT2D eigenvalue weighted by Gasteiger charge is -2.27. The summed E-state index contributed by atoms with van der Waals surface area (Å²) < 4.78 is 6.42. The molecule has 0 aliphatic carbocycles. The summed E-state index contributed by atoms with van der Waals surface area (Å²) in [5.41, 5.74) is 3.05. The number of carbonyl (C=O) groups excluding carboxylic acids is 2. The zero-order valence-electron chi connectivity index (χ0n) is 16.0. The Morgan fingerprint density at radius 3 is 2.50 bits per heavy atom. The largest absolute Gasteiger partial charge is 0.378 e. The van der Waals surface area contributed by atoms with Gasteiger partial charge in [0.05, 0.1) is 18.1 Å². The van der Waals surface area contributed by atoms with Crippen LogP contribution in [0.25, 0.3) is 10.1 Å². The first kappa shape index (κ1) is 18.7. The van der Waals surface area contributed by atoms with Crippen LogP contribution >= 0.6 is 11.3 Å². The molecule has 4 rings (SSSR count). The van der Waals surface area contributed by atoms with Crippen molar-refractivity contribution in [2.75, 3.05) is 31.6 Å². The maximum Gasteiger partial charge on any atom is 0.266 e. The minimum Gasteiger partial charge on any atom is -0.378 e. The molecule has 2 heterocycles. The zero-order chi connectivity index (χ0) is 19.7. The highest BCUT2D eigenvalue weighted by molar-refractivity contribution is 7.21. The average Bonchev–Trinajstić information content (AvgIpc) is 3.07. The van der Waals surface area contributed by atoms with E-state index >= 15 is 0 Å². The highest BCUT2D eigenvalue weighted by Crippen LogP contribution is 2.31. The van der Waals surface area contributed by atoms with Gasteiger partial charge >= 0.3 is 0 Å². The van der Waals surface area contributed by atoms with Crippen LogP contribution in [0.5, 0.6) is 0 Å². The van der Waals surface area contributed by atoms with E-state index in [-0.39, 0.29) is 11.8 Å². The molecular formula is C22H22N2O3S. The van der Waals surface area contributed by atoms with Crippen molar-refractivity contribution in [2.24, 2.45) is 0 Å². The molecule has 0 saturated carbocycles. The standard InChI is InChI=1S/C22H22N2O3S/c1-14-17(22(26)24-10-12-27-13-11-24)7-5-8-18(14)23-21(25)20-15(2)16-6-3-4-9-19(16)28-20/h3-9H,10-13H2,1-2H3,(H,23,25). The van der Waals surface area contributed by atoms with Gasteiger partial charge < -0.3 is 15.0 Å². The number of morpholine rings is 1. The quantitative estimate of drug-likeness (QED) is 0.723. The van der Waals surface area contributed by atoms with Crippen LogP contribution < -0.4 is 5.32 Å². The van der Waals surface area contributed by atoms with Gasteiger partial charge in [0.25, 0.3) is 11.8 Å². The molecule has 1 N–H and O–H groups in total. The second-order valence-corrected chi connectivity index (χ2v) is 7.94. The van der Waals surface area contributed by atoms with E-state index < -0.39 is 0 Å². The Labute approximate surface area is 167 Å². The molecule has 0 spiro atoms. The highest BCUT2D eigenvalue weighted by atomic mass is 32.1. The summed E-state index contributed by atoms with van der Waals surface area (Å²) in [4.78, 5) is 28.3. The summed E-state index contributed by atoms with van der Waals surface area (Å²) in [5.74, 6) is -0.160. The van der Waals surface area contributed by atoms with Crippen molar-refractivity contribution in [2.45, 2.75) is 13.8 Å². The molecule has 0 radical (unpaired) electrons. The molecular weight excluding hydrogens is 372 g/mol. The van der Waals surface area contributed by atoms with E-state index in [1.165, 1.54) is 11.3 Å². The van der Waals surface area contributed by atoms with E-state index in [9.17, 15) is 9.59 Å². The second kappa shape index (κ2) is 7.73. The molecule has 1 saturated heterocycles. The highest BCUT2D eigenvalue weighted by Gasteiger charge is 2.22. The molecule has 1 aromatic heterocycles. The van der Waals surface area contributed by atoms with E-state index in [1.807, 2.05) is 56.3 Å². The van der Waals surface area contributed by atoms with Gasteiger partial charge in [0.1, 0.15) is 0 Å². The third-order valence-corrected chi connectivity index (χ3v) is 6.43. The maximum atomic E-state index is 12.9. The molecule has 0 unspecified atom stereocenters. The van der Waals surface area contributed by atoms with Crippen molar-refractivity contribution in [3.05, 3.63) is 64.0 Å². The monoisotopic (exact) mass is 394 g/mol. The molecule has 0 bridgehead atoms. The Morgan fingerprint density at radius 2 is 1.75 bits per heavy atom. The molecule has 1 aliphatic rings. The van der Waals surface area contributed by atoms with Crippen LogP contribution in [-0.4, -0.2) is 43.0 Å². The number of amides is 2. The Hall–Kier alpha value is -2.70. The Morgan fingerprint density at radius 1 is 1.00 bits per heavy atom. The van der Waals surface area contributed by atoms with Crippen LogP contribution in [0.1, 0.15) is 31.2 Å². The van der Waals surface area contributed by atoms with Crippen molar-refractivity contribution in [3.8, 4) is 0 Å². The van der Waals surface area contributed by atoms with Gasteiger partial charge in [0.2, 0.25) is 0 Å². The molecule has 5 nitrogen and oxygen atoms in total. The normalized spacial score (nSPS) is 14.3. The van der Waals surface area contributed by atoms with E-state index in [1.54, 1.807) is 4.90 Å². The van der Waals surface area contributed by atoms with E-state index in [4.69, 9.17) is 4.74 Å². The van der Waals surface area contributed by atoms with Gasteiger partial charge in [-0.1, -0.05) is 24.3 Å². The predicted molar refractivity (Wildman–Crippen MR) is 112 cm³/mol. The number of nitrogens with one attached hydrogen (secondary N) is 1. The van der Waals surface area contributed by atoms with Crippen LogP contribution in [0.3, 0.4) is 0 Å². The van der Waals surface area contributed by atoms with Crippen LogP contribution in [0, 0.1) is 13.8 Å². The van der Waals surface area contributed by atoms with Crippen molar-refractivity contribution >= 4 is 38.9 Å². The fourth-order valence-electron chi connectivity index (χ4n) is 3.51. The lowest BCUT2D eigenvalue weighted by molar-refractivity contribution is 0.0302. The van der Waals surface area contributed by atoms with Crippen molar-refractivity contribution in [3.63, 3.8) is 0 Å². The van der Waals surface area contributed by atoms with Crippen LogP contribution in [0.15, 0.2) is 42.5 Å². The number of carbonyl (C=O) groups is 2. The van der Waals surface area contributed by atoms with E-state index in [0.29, 0.717) is 42.4 Å². The van der Waals surface area contributed by atoms with Crippen LogP contribution in [0.2, 0.25) is 0 Å². The summed E-state index contributed by atoms with van der Waals surface area (Å²) >= 11 is 1.49. The number of rotatable bonds is 3. The molecule has 3 aromatic rings. The number of anilines is 1. The zero-order valence-corrected chi connectivity index (χ0v) is 16.8. The molecule has 1 fully saturated rings. The predicted octanol–water partition coefficient (Wildman–Crippen LogP) is 4.24. The lowest BCUT2D eigenvalue weighted by atomic mass is 10.0. The number of nitrogens with zero attached hydrogens (tertiary/aromatic N) is 1. The summed E-state index contributed by atoms with van der Waals surface area (Å²) in [5, 5.41) is 4.10. The van der Waals surface area contributed by atoms with Gasteiger partial charge in [0.15, 0.2) is 0 Å². The van der Waals surface area contributed by atoms with Gasteiger partial charge in [0, 0.05) is 29.0 Å². The number of aryl methyl sites for hydroxylation is 1. The Kier molecular flexibility index (Phi) is 5.15. The number of fused-ring (bicyclic) bond motifs is 1. The maximum absolute atomic E-state index is 12.9. The molecule has 144 valence electrons. The molecule has 1 aliphatic heterocycles. The summed E-state index contributed by atoms with van der Waals surface area (Å²) in [6.07, 6.45) is 0. The molecule has 6 heteroatoms. The number of hydrogen-bond acceptors (Lipinski definition) is 4. The Bertz CT molecular complexity index is 1050. The first-order valence-electron chi connectivity index (χ1n) is 9.32. The Balaban J connectivity index is 1.60. The van der Waals surface area contributed by atoms with Gasteiger partial charge in [-0.2, -0.15) is 0 Å². The number of ether oxygens (including phenoxy) is 1. The molecule has 28 heavy (non-hydrogen) atoms. The van der Waals surface area contributed by atoms with Gasteiger partial charge in [-0.3, -0.25) is 9.59 Å². The number of hydrogen-bond donors (Lipinski definition) is 1. The smallest absolute Gasteiger partial charge is 0.266 e. The molecule has 2 amide bonds. The first-order chi connectivity index (χ1) is 13.6. The fourth-order valence-corrected chi connectivity index (χ4v) is 4.61.